The molecule has 1 aromatic carbocycles. The summed E-state index contributed by atoms with van der Waals surface area (Å²) in [5, 5.41) is 9.18. The van der Waals surface area contributed by atoms with Crippen LogP contribution >= 0.6 is 22.6 Å². The van der Waals surface area contributed by atoms with Gasteiger partial charge < -0.3 is 10.0 Å². The monoisotopic (exact) mass is 345 g/mol. The van der Waals surface area contributed by atoms with E-state index in [-0.39, 0.29) is 12.5 Å². The Balaban J connectivity index is 2.18. The van der Waals surface area contributed by atoms with Crippen LogP contribution in [0.4, 0.5) is 5.69 Å². The molecular weight excluding hydrogens is 325 g/mol. The Bertz CT molecular complexity index is 374. The third kappa shape index (κ3) is 3.13. The van der Waals surface area contributed by atoms with Crippen LogP contribution in [0.2, 0.25) is 0 Å². The summed E-state index contributed by atoms with van der Waals surface area (Å²) in [4.78, 5) is 2.48. The Morgan fingerprint density at radius 2 is 2.00 bits per heavy atom. The van der Waals surface area contributed by atoms with Gasteiger partial charge >= 0.3 is 0 Å². The van der Waals surface area contributed by atoms with Crippen molar-refractivity contribution in [3.8, 4) is 0 Å². The molecule has 2 nitrogen and oxygen atoms in total. The largest absolute Gasteiger partial charge is 0.396 e. The van der Waals surface area contributed by atoms with Gasteiger partial charge in [0.15, 0.2) is 0 Å². The first-order chi connectivity index (χ1) is 8.22. The molecule has 1 saturated heterocycles. The Hall–Kier alpha value is -0.290. The maximum absolute atomic E-state index is 9.18. The third-order valence-electron chi connectivity index (χ3n) is 3.51. The number of aliphatic hydroxyl groups is 1. The van der Waals surface area contributed by atoms with Gasteiger partial charge in [0.05, 0.1) is 5.69 Å². The first-order valence-electron chi connectivity index (χ1n) is 6.37. The minimum Gasteiger partial charge on any atom is -0.396 e. The number of hydrogen-bond acceptors (Lipinski definition) is 2. The molecular formula is C14H20INO. The van der Waals surface area contributed by atoms with E-state index < -0.39 is 0 Å². The average molecular weight is 345 g/mol. The van der Waals surface area contributed by atoms with Crippen molar-refractivity contribution in [2.75, 3.05) is 24.6 Å². The molecule has 1 heterocycles. The van der Waals surface area contributed by atoms with E-state index in [0.29, 0.717) is 0 Å². The van der Waals surface area contributed by atoms with Gasteiger partial charge in [-0.1, -0.05) is 13.0 Å². The molecule has 0 spiro atoms. The molecule has 1 atom stereocenters. The summed E-state index contributed by atoms with van der Waals surface area (Å²) in [5.41, 5.74) is 2.59. The van der Waals surface area contributed by atoms with Crippen LogP contribution in [0.25, 0.3) is 0 Å². The van der Waals surface area contributed by atoms with Crippen molar-refractivity contribution in [3.63, 3.8) is 0 Å². The summed E-state index contributed by atoms with van der Waals surface area (Å²) in [7, 11) is 0. The summed E-state index contributed by atoms with van der Waals surface area (Å²) in [6.45, 7) is 4.65. The van der Waals surface area contributed by atoms with Crippen molar-refractivity contribution in [1.29, 1.82) is 0 Å². The second kappa shape index (κ2) is 6.05. The second-order valence-corrected chi connectivity index (χ2v) is 6.00. The Morgan fingerprint density at radius 3 is 2.59 bits per heavy atom. The van der Waals surface area contributed by atoms with Gasteiger partial charge in [-0.15, -0.1) is 0 Å². The van der Waals surface area contributed by atoms with Crippen LogP contribution in [0.5, 0.6) is 0 Å². The van der Waals surface area contributed by atoms with Gasteiger partial charge in [0.25, 0.3) is 0 Å². The smallest absolute Gasteiger partial charge is 0.0502 e. The SMILES string of the molecule is CC(CO)c1ccc(N2CCCCC2)c(I)c1. The number of nitrogens with zero attached hydrogens (tertiary/aromatic N) is 1. The number of benzene rings is 1. The van der Waals surface area contributed by atoms with Crippen LogP contribution in [0.1, 0.15) is 37.7 Å². The van der Waals surface area contributed by atoms with Crippen LogP contribution in [-0.4, -0.2) is 24.8 Å². The summed E-state index contributed by atoms with van der Waals surface area (Å²) in [6, 6.07) is 6.59. The fourth-order valence-electron chi connectivity index (χ4n) is 2.33. The quantitative estimate of drug-likeness (QED) is 0.849. The highest BCUT2D eigenvalue weighted by Gasteiger charge is 2.14. The number of aliphatic hydroxyl groups excluding tert-OH is 1. The molecule has 1 fully saturated rings. The topological polar surface area (TPSA) is 23.5 Å². The molecule has 1 aromatic rings. The van der Waals surface area contributed by atoms with E-state index in [4.69, 9.17) is 0 Å². The molecule has 0 bridgehead atoms. The van der Waals surface area contributed by atoms with Crippen molar-refractivity contribution in [3.05, 3.63) is 27.3 Å². The highest BCUT2D eigenvalue weighted by molar-refractivity contribution is 14.1. The minimum absolute atomic E-state index is 0.221. The number of hydrogen-bond donors (Lipinski definition) is 1. The second-order valence-electron chi connectivity index (χ2n) is 4.84. The first kappa shape index (κ1) is 13.1. The van der Waals surface area contributed by atoms with E-state index in [1.165, 1.54) is 47.2 Å². The standard InChI is InChI=1S/C14H20INO/c1-11(10-17)12-5-6-14(13(15)9-12)16-7-3-2-4-8-16/h5-6,9,11,17H,2-4,7-8,10H2,1H3. The van der Waals surface area contributed by atoms with Crippen molar-refractivity contribution in [2.24, 2.45) is 0 Å². The lowest BCUT2D eigenvalue weighted by Gasteiger charge is -2.30. The summed E-state index contributed by atoms with van der Waals surface area (Å²) in [6.07, 6.45) is 3.99. The van der Waals surface area contributed by atoms with E-state index in [2.05, 4.69) is 52.6 Å². The van der Waals surface area contributed by atoms with Crippen molar-refractivity contribution >= 4 is 28.3 Å². The van der Waals surface area contributed by atoms with Crippen LogP contribution in [0, 0.1) is 3.57 Å². The molecule has 2 rings (SSSR count). The molecule has 0 radical (unpaired) electrons. The maximum Gasteiger partial charge on any atom is 0.0502 e. The van der Waals surface area contributed by atoms with Gasteiger partial charge in [-0.3, -0.25) is 0 Å². The molecule has 0 amide bonds. The highest BCUT2D eigenvalue weighted by Crippen LogP contribution is 2.28. The molecule has 94 valence electrons. The highest BCUT2D eigenvalue weighted by atomic mass is 127. The average Bonchev–Trinajstić information content (AvgIpc) is 2.38. The van der Waals surface area contributed by atoms with E-state index in [9.17, 15) is 5.11 Å². The first-order valence-corrected chi connectivity index (χ1v) is 7.45. The lowest BCUT2D eigenvalue weighted by atomic mass is 10.0. The van der Waals surface area contributed by atoms with E-state index >= 15 is 0 Å². The number of piperidine rings is 1. The van der Waals surface area contributed by atoms with Crippen LogP contribution < -0.4 is 4.90 Å². The van der Waals surface area contributed by atoms with Gasteiger partial charge in [0.1, 0.15) is 0 Å². The van der Waals surface area contributed by atoms with Crippen molar-refractivity contribution < 1.29 is 5.11 Å². The minimum atomic E-state index is 0.221. The third-order valence-corrected chi connectivity index (χ3v) is 4.38. The molecule has 1 aliphatic heterocycles. The van der Waals surface area contributed by atoms with E-state index in [1.807, 2.05) is 0 Å². The number of rotatable bonds is 3. The molecule has 0 aromatic heterocycles. The molecule has 1 aliphatic rings. The van der Waals surface area contributed by atoms with Gasteiger partial charge in [-0.25, -0.2) is 0 Å². The van der Waals surface area contributed by atoms with E-state index in [1.54, 1.807) is 0 Å². The lowest BCUT2D eigenvalue weighted by Crippen LogP contribution is -2.30. The summed E-state index contributed by atoms with van der Waals surface area (Å²) in [5.74, 6) is 0.235. The predicted octanol–water partition coefficient (Wildman–Crippen LogP) is 3.38. The normalized spacial score (nSPS) is 18.2. The maximum atomic E-state index is 9.18. The molecule has 1 N–H and O–H groups in total. The molecule has 1 unspecified atom stereocenters. The van der Waals surface area contributed by atoms with Crippen molar-refractivity contribution in [1.82, 2.24) is 0 Å². The fraction of sp³-hybridized carbons (Fsp3) is 0.571. The molecule has 0 saturated carbocycles. The Labute approximate surface area is 117 Å². The van der Waals surface area contributed by atoms with Crippen molar-refractivity contribution in [2.45, 2.75) is 32.1 Å². The fourth-order valence-corrected chi connectivity index (χ4v) is 3.21. The van der Waals surface area contributed by atoms with Crippen LogP contribution in [0.3, 0.4) is 0 Å². The summed E-state index contributed by atoms with van der Waals surface area (Å²) >= 11 is 2.41. The van der Waals surface area contributed by atoms with Gasteiger partial charge in [-0.2, -0.15) is 0 Å². The Morgan fingerprint density at radius 1 is 1.29 bits per heavy atom. The Kier molecular flexibility index (Phi) is 4.68. The van der Waals surface area contributed by atoms with Crippen LogP contribution in [0.15, 0.2) is 18.2 Å². The van der Waals surface area contributed by atoms with E-state index in [0.717, 1.165) is 0 Å². The lowest BCUT2D eigenvalue weighted by molar-refractivity contribution is 0.273. The zero-order valence-electron chi connectivity index (χ0n) is 10.3. The summed E-state index contributed by atoms with van der Waals surface area (Å²) < 4.78 is 1.31. The number of anilines is 1. The van der Waals surface area contributed by atoms with Crippen LogP contribution in [-0.2, 0) is 0 Å². The predicted molar refractivity (Wildman–Crippen MR) is 80.7 cm³/mol. The van der Waals surface area contributed by atoms with Gasteiger partial charge in [-0.05, 0) is 59.5 Å². The zero-order chi connectivity index (χ0) is 12.3. The van der Waals surface area contributed by atoms with Gasteiger partial charge in [0, 0.05) is 29.2 Å². The number of halogens is 1. The molecule has 0 aliphatic carbocycles. The van der Waals surface area contributed by atoms with Gasteiger partial charge in [0.2, 0.25) is 0 Å². The zero-order valence-corrected chi connectivity index (χ0v) is 12.5. The molecule has 3 heteroatoms. The molecule has 17 heavy (non-hydrogen) atoms.